The summed E-state index contributed by atoms with van der Waals surface area (Å²) >= 11 is 0. The van der Waals surface area contributed by atoms with Gasteiger partial charge in [0.15, 0.2) is 0 Å². The summed E-state index contributed by atoms with van der Waals surface area (Å²) in [5.74, 6) is 0.911. The van der Waals surface area contributed by atoms with E-state index >= 15 is 0 Å². The molecule has 1 amide bonds. The summed E-state index contributed by atoms with van der Waals surface area (Å²) < 4.78 is 0. The van der Waals surface area contributed by atoms with Gasteiger partial charge in [-0.2, -0.15) is 0 Å². The second-order valence-corrected chi connectivity index (χ2v) is 5.44. The van der Waals surface area contributed by atoms with E-state index in [-0.39, 0.29) is 5.91 Å². The van der Waals surface area contributed by atoms with Gasteiger partial charge in [0.1, 0.15) is 0 Å². The first-order valence-electron chi connectivity index (χ1n) is 7.31. The predicted molar refractivity (Wildman–Crippen MR) is 77.7 cm³/mol. The van der Waals surface area contributed by atoms with Gasteiger partial charge in [-0.1, -0.05) is 37.3 Å². The summed E-state index contributed by atoms with van der Waals surface area (Å²) in [6, 6.07) is 10.4. The first kappa shape index (κ1) is 14.1. The molecule has 1 N–H and O–H groups in total. The van der Waals surface area contributed by atoms with Crippen molar-refractivity contribution < 1.29 is 4.79 Å². The van der Waals surface area contributed by atoms with Crippen LogP contribution in [0.2, 0.25) is 0 Å². The van der Waals surface area contributed by atoms with Crippen molar-refractivity contribution in [2.45, 2.75) is 32.7 Å². The summed E-state index contributed by atoms with van der Waals surface area (Å²) in [7, 11) is 0. The second kappa shape index (κ2) is 7.29. The number of carbonyl (C=O) groups excluding carboxylic acids is 1. The number of benzene rings is 1. The topological polar surface area (TPSA) is 32.3 Å². The van der Waals surface area contributed by atoms with Gasteiger partial charge in [0, 0.05) is 13.1 Å². The lowest BCUT2D eigenvalue weighted by Gasteiger charge is -2.21. The molecule has 0 radical (unpaired) electrons. The molecule has 1 aliphatic carbocycles. The van der Waals surface area contributed by atoms with Crippen molar-refractivity contribution in [3.8, 4) is 0 Å². The first-order valence-corrected chi connectivity index (χ1v) is 7.31. The van der Waals surface area contributed by atoms with Crippen molar-refractivity contribution in [2.24, 2.45) is 5.92 Å². The van der Waals surface area contributed by atoms with E-state index < -0.39 is 0 Å². The lowest BCUT2D eigenvalue weighted by molar-refractivity contribution is -0.122. The van der Waals surface area contributed by atoms with Gasteiger partial charge in [-0.25, -0.2) is 0 Å². The van der Waals surface area contributed by atoms with Crippen molar-refractivity contribution in [1.82, 2.24) is 10.2 Å². The van der Waals surface area contributed by atoms with Gasteiger partial charge in [0.2, 0.25) is 5.91 Å². The molecule has 1 aliphatic rings. The van der Waals surface area contributed by atoms with Gasteiger partial charge in [0.05, 0.1) is 6.54 Å². The molecule has 1 fully saturated rings. The lowest BCUT2D eigenvalue weighted by atomic mass is 10.2. The largest absolute Gasteiger partial charge is 0.355 e. The highest BCUT2D eigenvalue weighted by atomic mass is 16.2. The number of rotatable bonds is 8. The summed E-state index contributed by atoms with van der Waals surface area (Å²) in [5, 5.41) is 3.04. The minimum absolute atomic E-state index is 0.163. The maximum absolute atomic E-state index is 11.9. The van der Waals surface area contributed by atoms with Crippen LogP contribution >= 0.6 is 0 Å². The van der Waals surface area contributed by atoms with Crippen molar-refractivity contribution in [1.29, 1.82) is 0 Å². The Morgan fingerprint density at radius 2 is 2.05 bits per heavy atom. The van der Waals surface area contributed by atoms with E-state index in [9.17, 15) is 4.79 Å². The summed E-state index contributed by atoms with van der Waals surface area (Å²) in [6.45, 7) is 5.34. The van der Waals surface area contributed by atoms with Gasteiger partial charge < -0.3 is 5.32 Å². The fraction of sp³-hybridized carbons (Fsp3) is 0.562. The van der Waals surface area contributed by atoms with E-state index in [1.165, 1.54) is 18.4 Å². The fourth-order valence-electron chi connectivity index (χ4n) is 2.21. The van der Waals surface area contributed by atoms with E-state index in [4.69, 9.17) is 0 Å². The Morgan fingerprint density at radius 3 is 2.68 bits per heavy atom. The molecule has 1 saturated carbocycles. The Morgan fingerprint density at radius 1 is 1.32 bits per heavy atom. The molecule has 3 nitrogen and oxygen atoms in total. The van der Waals surface area contributed by atoms with Gasteiger partial charge in [-0.3, -0.25) is 9.69 Å². The van der Waals surface area contributed by atoms with Crippen molar-refractivity contribution in [2.75, 3.05) is 19.6 Å². The van der Waals surface area contributed by atoms with Crippen LogP contribution in [0.15, 0.2) is 30.3 Å². The van der Waals surface area contributed by atoms with Gasteiger partial charge in [-0.15, -0.1) is 0 Å². The molecule has 19 heavy (non-hydrogen) atoms. The van der Waals surface area contributed by atoms with Crippen molar-refractivity contribution in [3.63, 3.8) is 0 Å². The third-order valence-electron chi connectivity index (χ3n) is 3.44. The number of hydrogen-bond donors (Lipinski definition) is 1. The smallest absolute Gasteiger partial charge is 0.234 e. The predicted octanol–water partition coefficient (Wildman–Crippen LogP) is 2.42. The molecule has 0 heterocycles. The molecule has 2 rings (SSSR count). The van der Waals surface area contributed by atoms with E-state index in [0.29, 0.717) is 6.54 Å². The molecule has 0 aliphatic heterocycles. The minimum atomic E-state index is 0.163. The Bertz CT molecular complexity index is 387. The molecule has 0 unspecified atom stereocenters. The molecular formula is C16H24N2O. The number of nitrogens with one attached hydrogen (secondary N) is 1. The summed E-state index contributed by atoms with van der Waals surface area (Å²) in [5.41, 5.74) is 1.27. The minimum Gasteiger partial charge on any atom is -0.355 e. The second-order valence-electron chi connectivity index (χ2n) is 5.44. The zero-order valence-corrected chi connectivity index (χ0v) is 11.8. The molecule has 0 atom stereocenters. The quantitative estimate of drug-likeness (QED) is 0.778. The monoisotopic (exact) mass is 260 g/mol. The molecule has 0 saturated heterocycles. The van der Waals surface area contributed by atoms with Crippen molar-refractivity contribution in [3.05, 3.63) is 35.9 Å². The number of nitrogens with zero attached hydrogens (tertiary/aromatic N) is 1. The maximum Gasteiger partial charge on any atom is 0.234 e. The number of carbonyl (C=O) groups is 1. The van der Waals surface area contributed by atoms with E-state index in [0.717, 1.165) is 32.0 Å². The highest BCUT2D eigenvalue weighted by Gasteiger charge is 2.21. The Balaban J connectivity index is 1.78. The highest BCUT2D eigenvalue weighted by Crippen LogP contribution is 2.27. The fourth-order valence-corrected chi connectivity index (χ4v) is 2.21. The van der Waals surface area contributed by atoms with Crippen LogP contribution in [-0.4, -0.2) is 30.4 Å². The van der Waals surface area contributed by atoms with Crippen LogP contribution in [0, 0.1) is 5.92 Å². The summed E-state index contributed by atoms with van der Waals surface area (Å²) in [6.07, 6.45) is 3.63. The number of hydrogen-bond acceptors (Lipinski definition) is 2. The molecule has 0 spiro atoms. The molecule has 104 valence electrons. The summed E-state index contributed by atoms with van der Waals surface area (Å²) in [4.78, 5) is 14.1. The zero-order chi connectivity index (χ0) is 13.5. The van der Waals surface area contributed by atoms with Crippen LogP contribution in [0.3, 0.4) is 0 Å². The standard InChI is InChI=1S/C16H24N2O/c1-2-10-18(12-15-6-4-3-5-7-15)13-16(19)17-11-14-8-9-14/h3-7,14H,2,8-13H2,1H3,(H,17,19). The molecule has 1 aromatic rings. The third-order valence-corrected chi connectivity index (χ3v) is 3.44. The van der Waals surface area contributed by atoms with Crippen LogP contribution < -0.4 is 5.32 Å². The zero-order valence-electron chi connectivity index (χ0n) is 11.8. The average Bonchev–Trinajstić information content (AvgIpc) is 3.22. The van der Waals surface area contributed by atoms with Crippen LogP contribution in [0.1, 0.15) is 31.7 Å². The molecule has 1 aromatic carbocycles. The van der Waals surface area contributed by atoms with Crippen LogP contribution in [0.4, 0.5) is 0 Å². The highest BCUT2D eigenvalue weighted by molar-refractivity contribution is 5.78. The number of amides is 1. The van der Waals surface area contributed by atoms with E-state index in [1.54, 1.807) is 0 Å². The van der Waals surface area contributed by atoms with Gasteiger partial charge in [-0.05, 0) is 37.3 Å². The molecular weight excluding hydrogens is 236 g/mol. The van der Waals surface area contributed by atoms with E-state index in [1.807, 2.05) is 18.2 Å². The molecule has 0 aromatic heterocycles. The van der Waals surface area contributed by atoms with Crippen LogP contribution in [0.25, 0.3) is 0 Å². The van der Waals surface area contributed by atoms with Gasteiger partial charge in [0.25, 0.3) is 0 Å². The Labute approximate surface area is 116 Å². The maximum atomic E-state index is 11.9. The van der Waals surface area contributed by atoms with Gasteiger partial charge >= 0.3 is 0 Å². The first-order chi connectivity index (χ1) is 9.28. The molecule has 0 bridgehead atoms. The lowest BCUT2D eigenvalue weighted by Crippen LogP contribution is -2.38. The van der Waals surface area contributed by atoms with Crippen LogP contribution in [-0.2, 0) is 11.3 Å². The molecule has 3 heteroatoms. The van der Waals surface area contributed by atoms with Crippen molar-refractivity contribution >= 4 is 5.91 Å². The SMILES string of the molecule is CCCN(CC(=O)NCC1CC1)Cc1ccccc1. The Hall–Kier alpha value is -1.35. The average molecular weight is 260 g/mol. The van der Waals surface area contributed by atoms with Crippen LogP contribution in [0.5, 0.6) is 0 Å². The Kier molecular flexibility index (Phi) is 5.40. The normalized spacial score (nSPS) is 14.6. The van der Waals surface area contributed by atoms with E-state index in [2.05, 4.69) is 29.3 Å². The third kappa shape index (κ3) is 5.43.